The van der Waals surface area contributed by atoms with Crippen LogP contribution < -0.4 is 5.32 Å². The highest BCUT2D eigenvalue weighted by Gasteiger charge is 2.29. The van der Waals surface area contributed by atoms with E-state index in [1.54, 1.807) is 0 Å². The SMILES string of the molecule is CC(C)(C)OC(=O)N1CCC(CNCc2cccc(SCc3ccc(Cl)cc3Br)c2)C1. The average Bonchev–Trinajstić information content (AvgIpc) is 3.16. The van der Waals surface area contributed by atoms with Crippen LogP contribution in [-0.2, 0) is 17.0 Å². The van der Waals surface area contributed by atoms with Crippen LogP contribution >= 0.6 is 39.3 Å². The molecule has 1 aliphatic rings. The van der Waals surface area contributed by atoms with Gasteiger partial charge in [0, 0.05) is 46.3 Å². The number of hydrogen-bond acceptors (Lipinski definition) is 4. The number of nitrogens with zero attached hydrogens (tertiary/aromatic N) is 1. The smallest absolute Gasteiger partial charge is 0.410 e. The fourth-order valence-corrected chi connectivity index (χ4v) is 5.45. The van der Waals surface area contributed by atoms with Crippen LogP contribution in [0, 0.1) is 5.92 Å². The van der Waals surface area contributed by atoms with Crippen LogP contribution in [0.15, 0.2) is 51.8 Å². The van der Waals surface area contributed by atoms with Gasteiger partial charge in [0.1, 0.15) is 5.60 Å². The maximum Gasteiger partial charge on any atom is 0.410 e. The Balaban J connectivity index is 1.43. The highest BCUT2D eigenvalue weighted by Crippen LogP contribution is 2.29. The van der Waals surface area contributed by atoms with Gasteiger partial charge < -0.3 is 15.0 Å². The number of thioether (sulfide) groups is 1. The van der Waals surface area contributed by atoms with Gasteiger partial charge in [-0.2, -0.15) is 0 Å². The minimum absolute atomic E-state index is 0.202. The molecule has 2 aromatic rings. The molecule has 1 heterocycles. The second-order valence-electron chi connectivity index (χ2n) is 8.88. The fourth-order valence-electron chi connectivity index (χ4n) is 3.46. The van der Waals surface area contributed by atoms with Crippen molar-refractivity contribution in [3.05, 3.63) is 63.1 Å². The number of benzene rings is 2. The van der Waals surface area contributed by atoms with Crippen molar-refractivity contribution in [1.29, 1.82) is 0 Å². The third-order valence-electron chi connectivity index (χ3n) is 5.01. The first-order valence-corrected chi connectivity index (χ1v) is 12.7. The van der Waals surface area contributed by atoms with E-state index in [1.807, 2.05) is 49.6 Å². The molecule has 1 amide bonds. The summed E-state index contributed by atoms with van der Waals surface area (Å²) in [5.41, 5.74) is 2.05. The lowest BCUT2D eigenvalue weighted by atomic mass is 10.1. The molecule has 168 valence electrons. The summed E-state index contributed by atoms with van der Waals surface area (Å²) in [6.45, 7) is 8.96. The zero-order valence-electron chi connectivity index (χ0n) is 18.3. The van der Waals surface area contributed by atoms with Crippen LogP contribution in [0.1, 0.15) is 38.3 Å². The van der Waals surface area contributed by atoms with Crippen LogP contribution in [-0.4, -0.2) is 36.2 Å². The summed E-state index contributed by atoms with van der Waals surface area (Å²) in [6.07, 6.45) is 0.810. The van der Waals surface area contributed by atoms with E-state index in [0.717, 1.165) is 47.8 Å². The first-order chi connectivity index (χ1) is 14.7. The molecule has 7 heteroatoms. The molecule has 0 saturated carbocycles. The Hall–Kier alpha value is -1.21. The molecule has 2 aromatic carbocycles. The minimum atomic E-state index is -0.444. The maximum absolute atomic E-state index is 12.2. The molecule has 4 nitrogen and oxygen atoms in total. The van der Waals surface area contributed by atoms with Crippen LogP contribution in [0.25, 0.3) is 0 Å². The second kappa shape index (κ2) is 11.1. The van der Waals surface area contributed by atoms with Gasteiger partial charge in [-0.25, -0.2) is 4.79 Å². The molecule has 1 fully saturated rings. The first-order valence-electron chi connectivity index (χ1n) is 10.5. The van der Waals surface area contributed by atoms with Crippen molar-refractivity contribution in [2.24, 2.45) is 5.92 Å². The van der Waals surface area contributed by atoms with E-state index in [2.05, 4.69) is 51.6 Å². The number of rotatable bonds is 7. The molecule has 1 atom stereocenters. The van der Waals surface area contributed by atoms with E-state index in [9.17, 15) is 4.79 Å². The predicted octanol–water partition coefficient (Wildman–Crippen LogP) is 6.74. The summed E-state index contributed by atoms with van der Waals surface area (Å²) >= 11 is 11.4. The van der Waals surface area contributed by atoms with Gasteiger partial charge in [-0.15, -0.1) is 11.8 Å². The van der Waals surface area contributed by atoms with Gasteiger partial charge in [0.15, 0.2) is 0 Å². The van der Waals surface area contributed by atoms with Crippen molar-refractivity contribution in [3.63, 3.8) is 0 Å². The van der Waals surface area contributed by atoms with Crippen molar-refractivity contribution in [3.8, 4) is 0 Å². The van der Waals surface area contributed by atoms with Crippen molar-refractivity contribution in [2.75, 3.05) is 19.6 Å². The predicted molar refractivity (Wildman–Crippen MR) is 133 cm³/mol. The maximum atomic E-state index is 12.2. The van der Waals surface area contributed by atoms with E-state index in [1.165, 1.54) is 16.0 Å². The molecule has 31 heavy (non-hydrogen) atoms. The molecule has 1 saturated heterocycles. The minimum Gasteiger partial charge on any atom is -0.444 e. The molecule has 0 bridgehead atoms. The highest BCUT2D eigenvalue weighted by molar-refractivity contribution is 9.10. The molecular formula is C24H30BrClN2O2S. The van der Waals surface area contributed by atoms with E-state index < -0.39 is 5.60 Å². The van der Waals surface area contributed by atoms with Gasteiger partial charge in [0.25, 0.3) is 0 Å². The number of ether oxygens (including phenoxy) is 1. The largest absolute Gasteiger partial charge is 0.444 e. The lowest BCUT2D eigenvalue weighted by molar-refractivity contribution is 0.0288. The number of nitrogens with one attached hydrogen (secondary N) is 1. The third kappa shape index (κ3) is 8.01. The molecule has 1 N–H and O–H groups in total. The van der Waals surface area contributed by atoms with Crippen LogP contribution in [0.3, 0.4) is 0 Å². The zero-order valence-corrected chi connectivity index (χ0v) is 21.4. The van der Waals surface area contributed by atoms with Crippen LogP contribution in [0.5, 0.6) is 0 Å². The summed E-state index contributed by atoms with van der Waals surface area (Å²) in [5, 5.41) is 4.30. The topological polar surface area (TPSA) is 41.6 Å². The Morgan fingerprint density at radius 1 is 1.29 bits per heavy atom. The lowest BCUT2D eigenvalue weighted by Gasteiger charge is -2.24. The Morgan fingerprint density at radius 2 is 2.10 bits per heavy atom. The zero-order chi connectivity index (χ0) is 22.4. The van der Waals surface area contributed by atoms with Gasteiger partial charge in [-0.1, -0.05) is 45.7 Å². The number of likely N-dealkylation sites (tertiary alicyclic amines) is 1. The quantitative estimate of drug-likeness (QED) is 0.406. The highest BCUT2D eigenvalue weighted by atomic mass is 79.9. The number of carbonyl (C=O) groups excluding carboxylic acids is 1. The number of carbonyl (C=O) groups is 1. The number of amides is 1. The molecule has 1 unspecified atom stereocenters. The Bertz CT molecular complexity index is 903. The third-order valence-corrected chi connectivity index (χ3v) is 7.02. The standard InChI is InChI=1S/C24H30BrClN2O2S/c1-24(2,3)30-23(29)28-10-9-18(15-28)14-27-13-17-5-4-6-21(11-17)31-16-19-7-8-20(26)12-22(19)25/h4-8,11-12,18,27H,9-10,13-16H2,1-3H3. The molecule has 3 rings (SSSR count). The second-order valence-corrected chi connectivity index (χ2v) is 11.2. The summed E-state index contributed by atoms with van der Waals surface area (Å²) in [6, 6.07) is 14.6. The van der Waals surface area contributed by atoms with Gasteiger partial charge in [-0.3, -0.25) is 0 Å². The Morgan fingerprint density at radius 3 is 2.84 bits per heavy atom. The molecule has 1 aliphatic heterocycles. The lowest BCUT2D eigenvalue weighted by Crippen LogP contribution is -2.36. The van der Waals surface area contributed by atoms with Crippen LogP contribution in [0.4, 0.5) is 4.79 Å². The van der Waals surface area contributed by atoms with E-state index in [4.69, 9.17) is 16.3 Å². The summed E-state index contributed by atoms with van der Waals surface area (Å²) in [4.78, 5) is 15.3. The normalized spacial score (nSPS) is 16.5. The Labute approximate surface area is 203 Å². The van der Waals surface area contributed by atoms with Gasteiger partial charge in [-0.05, 0) is 68.5 Å². The van der Waals surface area contributed by atoms with Crippen molar-refractivity contribution in [2.45, 2.75) is 50.0 Å². The van der Waals surface area contributed by atoms with Gasteiger partial charge >= 0.3 is 6.09 Å². The monoisotopic (exact) mass is 524 g/mol. The van der Waals surface area contributed by atoms with Crippen molar-refractivity contribution >= 4 is 45.4 Å². The summed E-state index contributed by atoms with van der Waals surface area (Å²) in [5.74, 6) is 1.35. The van der Waals surface area contributed by atoms with Crippen molar-refractivity contribution < 1.29 is 9.53 Å². The van der Waals surface area contributed by atoms with Crippen molar-refractivity contribution in [1.82, 2.24) is 10.2 Å². The number of hydrogen-bond donors (Lipinski definition) is 1. The first kappa shape index (κ1) is 24.4. The average molecular weight is 526 g/mol. The molecule has 0 aromatic heterocycles. The van der Waals surface area contributed by atoms with Gasteiger partial charge in [0.2, 0.25) is 0 Å². The molecule has 0 spiro atoms. The fraction of sp³-hybridized carbons (Fsp3) is 0.458. The Kier molecular flexibility index (Phi) is 8.74. The summed E-state index contributed by atoms with van der Waals surface area (Å²) in [7, 11) is 0. The van der Waals surface area contributed by atoms with E-state index >= 15 is 0 Å². The van der Waals surface area contributed by atoms with Crippen LogP contribution in [0.2, 0.25) is 5.02 Å². The van der Waals surface area contributed by atoms with Gasteiger partial charge in [0.05, 0.1) is 0 Å². The molecule has 0 radical (unpaired) electrons. The molecule has 0 aliphatic carbocycles. The summed E-state index contributed by atoms with van der Waals surface area (Å²) < 4.78 is 6.52. The van der Waals surface area contributed by atoms with E-state index in [-0.39, 0.29) is 6.09 Å². The molecular weight excluding hydrogens is 496 g/mol. The number of halogens is 2. The van der Waals surface area contributed by atoms with E-state index in [0.29, 0.717) is 5.92 Å².